The molecular weight excluding hydrogens is 296 g/mol. The van der Waals surface area contributed by atoms with Gasteiger partial charge in [-0.2, -0.15) is 0 Å². The standard InChI is InChI=1S/C17H22N2O4/c1-11-5-7-13(8-6-11)19-10-12(9-14(19)20)15(21)18-17(2,3)16(22)23-4/h5-8,12H,9-10H2,1-4H3,(H,18,21)/t12-/m0/s1. The maximum atomic E-state index is 12.4. The predicted octanol–water partition coefficient (Wildman–Crippen LogP) is 1.42. The fourth-order valence-corrected chi connectivity index (χ4v) is 2.57. The summed E-state index contributed by atoms with van der Waals surface area (Å²) in [6.07, 6.45) is 0.136. The van der Waals surface area contributed by atoms with Crippen molar-refractivity contribution in [3.63, 3.8) is 0 Å². The number of benzene rings is 1. The van der Waals surface area contributed by atoms with Crippen LogP contribution in [0.15, 0.2) is 24.3 Å². The van der Waals surface area contributed by atoms with Gasteiger partial charge in [-0.1, -0.05) is 17.7 Å². The van der Waals surface area contributed by atoms with Crippen LogP contribution in [0.25, 0.3) is 0 Å². The molecule has 0 radical (unpaired) electrons. The molecule has 1 aromatic rings. The quantitative estimate of drug-likeness (QED) is 0.852. The summed E-state index contributed by atoms with van der Waals surface area (Å²) in [5.41, 5.74) is 0.768. The molecule has 1 fully saturated rings. The zero-order valence-electron chi connectivity index (χ0n) is 13.9. The van der Waals surface area contributed by atoms with Crippen molar-refractivity contribution in [2.45, 2.75) is 32.7 Å². The minimum Gasteiger partial charge on any atom is -0.467 e. The van der Waals surface area contributed by atoms with Crippen LogP contribution in [0.2, 0.25) is 0 Å². The molecule has 1 aromatic carbocycles. The minimum atomic E-state index is -1.12. The molecular formula is C17H22N2O4. The first kappa shape index (κ1) is 17.0. The van der Waals surface area contributed by atoms with E-state index >= 15 is 0 Å². The molecule has 1 atom stereocenters. The van der Waals surface area contributed by atoms with Crippen LogP contribution < -0.4 is 10.2 Å². The second-order valence-corrected chi connectivity index (χ2v) is 6.35. The van der Waals surface area contributed by atoms with Crippen molar-refractivity contribution >= 4 is 23.5 Å². The lowest BCUT2D eigenvalue weighted by atomic mass is 10.0. The van der Waals surface area contributed by atoms with E-state index in [2.05, 4.69) is 10.1 Å². The summed E-state index contributed by atoms with van der Waals surface area (Å²) >= 11 is 0. The third-order valence-electron chi connectivity index (χ3n) is 3.97. The SMILES string of the molecule is COC(=O)C(C)(C)NC(=O)[C@H]1CC(=O)N(c2ccc(C)cc2)C1. The van der Waals surface area contributed by atoms with E-state index in [1.165, 1.54) is 7.11 Å². The minimum absolute atomic E-state index is 0.0927. The van der Waals surface area contributed by atoms with Crippen LogP contribution in [0.5, 0.6) is 0 Å². The van der Waals surface area contributed by atoms with Crippen LogP contribution in [-0.2, 0) is 19.1 Å². The van der Waals surface area contributed by atoms with E-state index in [0.717, 1.165) is 11.3 Å². The van der Waals surface area contributed by atoms with Gasteiger partial charge < -0.3 is 15.0 Å². The number of carbonyl (C=O) groups is 3. The molecule has 1 aliphatic heterocycles. The van der Waals surface area contributed by atoms with Crippen LogP contribution in [0.4, 0.5) is 5.69 Å². The molecule has 6 nitrogen and oxygen atoms in total. The molecule has 1 N–H and O–H groups in total. The van der Waals surface area contributed by atoms with E-state index in [9.17, 15) is 14.4 Å². The van der Waals surface area contributed by atoms with Gasteiger partial charge in [-0.05, 0) is 32.9 Å². The topological polar surface area (TPSA) is 75.7 Å². The van der Waals surface area contributed by atoms with Crippen LogP contribution >= 0.6 is 0 Å². The van der Waals surface area contributed by atoms with Gasteiger partial charge in [-0.15, -0.1) is 0 Å². The fourth-order valence-electron chi connectivity index (χ4n) is 2.57. The first-order valence-electron chi connectivity index (χ1n) is 7.52. The highest BCUT2D eigenvalue weighted by atomic mass is 16.5. The summed E-state index contributed by atoms with van der Waals surface area (Å²) in [4.78, 5) is 37.8. The van der Waals surface area contributed by atoms with Crippen LogP contribution in [0.1, 0.15) is 25.8 Å². The number of anilines is 1. The second-order valence-electron chi connectivity index (χ2n) is 6.35. The van der Waals surface area contributed by atoms with Crippen molar-refractivity contribution in [1.29, 1.82) is 0 Å². The van der Waals surface area contributed by atoms with Gasteiger partial charge in [0.25, 0.3) is 0 Å². The lowest BCUT2D eigenvalue weighted by Gasteiger charge is -2.25. The number of ether oxygens (including phenoxy) is 1. The van der Waals surface area contributed by atoms with Crippen molar-refractivity contribution in [1.82, 2.24) is 5.32 Å². The van der Waals surface area contributed by atoms with Gasteiger partial charge in [-0.3, -0.25) is 9.59 Å². The molecule has 1 heterocycles. The van der Waals surface area contributed by atoms with Crippen molar-refractivity contribution in [3.8, 4) is 0 Å². The highest BCUT2D eigenvalue weighted by Crippen LogP contribution is 2.26. The van der Waals surface area contributed by atoms with E-state index in [-0.39, 0.29) is 18.2 Å². The summed E-state index contributed by atoms with van der Waals surface area (Å²) in [6, 6.07) is 7.59. The van der Waals surface area contributed by atoms with E-state index in [4.69, 9.17) is 0 Å². The molecule has 1 saturated heterocycles. The van der Waals surface area contributed by atoms with Gasteiger partial charge in [0.2, 0.25) is 11.8 Å². The highest BCUT2D eigenvalue weighted by molar-refractivity contribution is 6.01. The Morgan fingerprint density at radius 2 is 1.87 bits per heavy atom. The zero-order valence-corrected chi connectivity index (χ0v) is 13.9. The lowest BCUT2D eigenvalue weighted by Crippen LogP contribution is -2.52. The molecule has 2 amide bonds. The molecule has 0 aliphatic carbocycles. The van der Waals surface area contributed by atoms with Crippen LogP contribution in [0, 0.1) is 12.8 Å². The molecule has 0 bridgehead atoms. The Hall–Kier alpha value is -2.37. The normalized spacial score (nSPS) is 18.0. The average Bonchev–Trinajstić information content (AvgIpc) is 2.89. The Labute approximate surface area is 135 Å². The molecule has 124 valence electrons. The molecule has 23 heavy (non-hydrogen) atoms. The Morgan fingerprint density at radius 3 is 2.43 bits per heavy atom. The van der Waals surface area contributed by atoms with Crippen molar-refractivity contribution in [2.75, 3.05) is 18.6 Å². The summed E-state index contributed by atoms with van der Waals surface area (Å²) in [5.74, 6) is -1.41. The third-order valence-corrected chi connectivity index (χ3v) is 3.97. The number of rotatable bonds is 4. The second kappa shape index (κ2) is 6.40. The van der Waals surface area contributed by atoms with Gasteiger partial charge in [-0.25, -0.2) is 4.79 Å². The summed E-state index contributed by atoms with van der Waals surface area (Å²) < 4.78 is 4.67. The molecule has 0 aromatic heterocycles. The summed E-state index contributed by atoms with van der Waals surface area (Å²) in [7, 11) is 1.27. The predicted molar refractivity (Wildman–Crippen MR) is 85.9 cm³/mol. The highest BCUT2D eigenvalue weighted by Gasteiger charge is 2.39. The maximum absolute atomic E-state index is 12.4. The number of hydrogen-bond donors (Lipinski definition) is 1. The van der Waals surface area contributed by atoms with E-state index in [0.29, 0.717) is 6.54 Å². The molecule has 0 saturated carbocycles. The van der Waals surface area contributed by atoms with Crippen molar-refractivity contribution in [3.05, 3.63) is 29.8 Å². The largest absolute Gasteiger partial charge is 0.467 e. The first-order chi connectivity index (χ1) is 10.7. The number of methoxy groups -OCH3 is 1. The van der Waals surface area contributed by atoms with Gasteiger partial charge in [0, 0.05) is 18.7 Å². The number of carbonyl (C=O) groups excluding carboxylic acids is 3. The number of amides is 2. The third kappa shape index (κ3) is 3.70. The van der Waals surface area contributed by atoms with E-state index in [1.54, 1.807) is 18.7 Å². The maximum Gasteiger partial charge on any atom is 0.330 e. The Balaban J connectivity index is 2.06. The zero-order chi connectivity index (χ0) is 17.2. The molecule has 6 heteroatoms. The Morgan fingerprint density at radius 1 is 1.26 bits per heavy atom. The Kier molecular flexibility index (Phi) is 4.73. The van der Waals surface area contributed by atoms with Crippen LogP contribution in [0.3, 0.4) is 0 Å². The van der Waals surface area contributed by atoms with Crippen molar-refractivity contribution in [2.24, 2.45) is 5.92 Å². The van der Waals surface area contributed by atoms with Gasteiger partial charge in [0.15, 0.2) is 0 Å². The summed E-state index contributed by atoms with van der Waals surface area (Å²) in [5, 5.41) is 2.66. The number of aryl methyl sites for hydroxylation is 1. The fraction of sp³-hybridized carbons (Fsp3) is 0.471. The molecule has 0 spiro atoms. The first-order valence-corrected chi connectivity index (χ1v) is 7.52. The van der Waals surface area contributed by atoms with Crippen molar-refractivity contribution < 1.29 is 19.1 Å². The monoisotopic (exact) mass is 318 g/mol. The van der Waals surface area contributed by atoms with Crippen LogP contribution in [-0.4, -0.2) is 37.0 Å². The summed E-state index contributed by atoms with van der Waals surface area (Å²) in [6.45, 7) is 5.43. The molecule has 1 aliphatic rings. The van der Waals surface area contributed by atoms with Gasteiger partial charge in [0.05, 0.1) is 13.0 Å². The molecule has 2 rings (SSSR count). The van der Waals surface area contributed by atoms with E-state index in [1.807, 2.05) is 31.2 Å². The van der Waals surface area contributed by atoms with E-state index < -0.39 is 17.4 Å². The number of hydrogen-bond acceptors (Lipinski definition) is 4. The average molecular weight is 318 g/mol. The van der Waals surface area contributed by atoms with Gasteiger partial charge >= 0.3 is 5.97 Å². The lowest BCUT2D eigenvalue weighted by molar-refractivity contribution is -0.149. The van der Waals surface area contributed by atoms with Gasteiger partial charge in [0.1, 0.15) is 5.54 Å². The smallest absolute Gasteiger partial charge is 0.330 e. The Bertz CT molecular complexity index is 622. The number of nitrogens with one attached hydrogen (secondary N) is 1. The molecule has 0 unspecified atom stereocenters. The number of esters is 1. The number of nitrogens with zero attached hydrogens (tertiary/aromatic N) is 1.